The standard InChI is InChI=1S/C7H13N3O3.ClH/c1-10-3-4(6(11)9-10)2-5(8)7(12)13;/h4-5H,2-3,8H2,1H3,(H,9,11)(H,12,13);1H/t4?,5-;/m0./s1. The maximum Gasteiger partial charge on any atom is 0.320 e. The first-order valence-electron chi connectivity index (χ1n) is 4.00. The summed E-state index contributed by atoms with van der Waals surface area (Å²) in [6.45, 7) is 0.514. The van der Waals surface area contributed by atoms with Gasteiger partial charge in [0.1, 0.15) is 6.04 Å². The first-order chi connectivity index (χ1) is 6.00. The second kappa shape index (κ2) is 5.14. The Morgan fingerprint density at radius 3 is 2.79 bits per heavy atom. The number of aliphatic carboxylic acids is 1. The van der Waals surface area contributed by atoms with Crippen LogP contribution in [0.3, 0.4) is 0 Å². The molecule has 0 aromatic carbocycles. The number of hydrazine groups is 1. The zero-order valence-corrected chi connectivity index (χ0v) is 8.58. The molecule has 82 valence electrons. The fraction of sp³-hybridized carbons (Fsp3) is 0.714. The molecule has 0 bridgehead atoms. The van der Waals surface area contributed by atoms with Crippen molar-refractivity contribution in [3.05, 3.63) is 0 Å². The molecule has 0 spiro atoms. The van der Waals surface area contributed by atoms with E-state index in [2.05, 4.69) is 5.43 Å². The molecule has 0 aromatic rings. The van der Waals surface area contributed by atoms with Gasteiger partial charge in [-0.05, 0) is 6.42 Å². The van der Waals surface area contributed by atoms with Crippen molar-refractivity contribution in [2.24, 2.45) is 11.7 Å². The molecular weight excluding hydrogens is 210 g/mol. The molecule has 2 atom stereocenters. The third-order valence-corrected chi connectivity index (χ3v) is 2.02. The monoisotopic (exact) mass is 223 g/mol. The van der Waals surface area contributed by atoms with Crippen LogP contribution < -0.4 is 11.2 Å². The minimum atomic E-state index is -1.07. The molecule has 0 radical (unpaired) electrons. The first-order valence-corrected chi connectivity index (χ1v) is 4.00. The lowest BCUT2D eigenvalue weighted by molar-refractivity contribution is -0.139. The second-order valence-electron chi connectivity index (χ2n) is 3.23. The number of halogens is 1. The molecule has 0 aliphatic carbocycles. The van der Waals surface area contributed by atoms with E-state index in [0.29, 0.717) is 6.54 Å². The number of carbonyl (C=O) groups excluding carboxylic acids is 1. The highest BCUT2D eigenvalue weighted by molar-refractivity contribution is 5.85. The Balaban J connectivity index is 0.00000169. The summed E-state index contributed by atoms with van der Waals surface area (Å²) >= 11 is 0. The summed E-state index contributed by atoms with van der Waals surface area (Å²) in [7, 11) is 1.73. The van der Waals surface area contributed by atoms with Crippen LogP contribution in [0.4, 0.5) is 0 Å². The number of nitrogens with one attached hydrogen (secondary N) is 1. The second-order valence-corrected chi connectivity index (χ2v) is 3.23. The average molecular weight is 224 g/mol. The van der Waals surface area contributed by atoms with E-state index in [1.54, 1.807) is 12.1 Å². The van der Waals surface area contributed by atoms with Crippen LogP contribution in [0.2, 0.25) is 0 Å². The molecular formula is C7H14ClN3O3. The molecule has 0 aromatic heterocycles. The van der Waals surface area contributed by atoms with E-state index in [1.807, 2.05) is 0 Å². The van der Waals surface area contributed by atoms with Gasteiger partial charge in [-0.3, -0.25) is 15.0 Å². The summed E-state index contributed by atoms with van der Waals surface area (Å²) in [6.07, 6.45) is 0.186. The van der Waals surface area contributed by atoms with Crippen LogP contribution >= 0.6 is 12.4 Å². The Hall–Kier alpha value is -0.850. The van der Waals surface area contributed by atoms with Crippen LogP contribution in [0.5, 0.6) is 0 Å². The molecule has 1 fully saturated rings. The minimum absolute atomic E-state index is 0. The summed E-state index contributed by atoms with van der Waals surface area (Å²) in [5.41, 5.74) is 7.86. The quantitative estimate of drug-likeness (QED) is 0.559. The Bertz CT molecular complexity index is 236. The SMILES string of the molecule is CN1CC(C[C@H](N)C(=O)O)C(=O)N1.Cl. The summed E-state index contributed by atoms with van der Waals surface area (Å²) in [5.74, 6) is -1.53. The van der Waals surface area contributed by atoms with Crippen molar-refractivity contribution >= 4 is 24.3 Å². The molecule has 14 heavy (non-hydrogen) atoms. The Labute approximate surface area is 87.8 Å². The number of amides is 1. The molecule has 7 heteroatoms. The number of carboxylic acids is 1. The highest BCUT2D eigenvalue weighted by Crippen LogP contribution is 2.12. The number of rotatable bonds is 3. The van der Waals surface area contributed by atoms with E-state index in [1.165, 1.54) is 0 Å². The molecule has 1 saturated heterocycles. The molecule has 0 saturated carbocycles. The van der Waals surface area contributed by atoms with E-state index in [4.69, 9.17) is 10.8 Å². The van der Waals surface area contributed by atoms with Gasteiger partial charge < -0.3 is 10.8 Å². The summed E-state index contributed by atoms with van der Waals surface area (Å²) in [5, 5.41) is 10.2. The smallest absolute Gasteiger partial charge is 0.320 e. The third-order valence-electron chi connectivity index (χ3n) is 2.02. The van der Waals surface area contributed by atoms with Crippen LogP contribution in [0, 0.1) is 5.92 Å². The van der Waals surface area contributed by atoms with Gasteiger partial charge in [0.2, 0.25) is 5.91 Å². The molecule has 1 unspecified atom stereocenters. The van der Waals surface area contributed by atoms with Crippen LogP contribution in [0.25, 0.3) is 0 Å². The summed E-state index contributed by atoms with van der Waals surface area (Å²) in [4.78, 5) is 21.5. The highest BCUT2D eigenvalue weighted by Gasteiger charge is 2.31. The van der Waals surface area contributed by atoms with Crippen molar-refractivity contribution in [2.45, 2.75) is 12.5 Å². The molecule has 6 nitrogen and oxygen atoms in total. The third kappa shape index (κ3) is 3.13. The van der Waals surface area contributed by atoms with Crippen molar-refractivity contribution in [1.29, 1.82) is 0 Å². The van der Waals surface area contributed by atoms with Crippen LogP contribution in [-0.4, -0.2) is 41.6 Å². The molecule has 1 aliphatic rings. The van der Waals surface area contributed by atoms with Crippen molar-refractivity contribution in [3.63, 3.8) is 0 Å². The van der Waals surface area contributed by atoms with Gasteiger partial charge in [-0.1, -0.05) is 0 Å². The molecule has 1 amide bonds. The van der Waals surface area contributed by atoms with E-state index in [-0.39, 0.29) is 30.7 Å². The topological polar surface area (TPSA) is 95.7 Å². The molecule has 4 N–H and O–H groups in total. The number of carboxylic acid groups (broad SMARTS) is 1. The largest absolute Gasteiger partial charge is 0.480 e. The number of nitrogens with zero attached hydrogens (tertiary/aromatic N) is 1. The van der Waals surface area contributed by atoms with Crippen LogP contribution in [-0.2, 0) is 9.59 Å². The van der Waals surface area contributed by atoms with Gasteiger partial charge in [0, 0.05) is 13.6 Å². The fourth-order valence-corrected chi connectivity index (χ4v) is 1.33. The molecule has 1 heterocycles. The van der Waals surface area contributed by atoms with Gasteiger partial charge in [-0.15, -0.1) is 12.4 Å². The molecule has 1 aliphatic heterocycles. The van der Waals surface area contributed by atoms with Crippen molar-refractivity contribution in [1.82, 2.24) is 10.4 Å². The predicted molar refractivity (Wildman–Crippen MR) is 51.7 cm³/mol. The van der Waals surface area contributed by atoms with Crippen molar-refractivity contribution in [3.8, 4) is 0 Å². The first kappa shape index (κ1) is 13.2. The zero-order valence-electron chi connectivity index (χ0n) is 7.77. The van der Waals surface area contributed by atoms with Crippen molar-refractivity contribution < 1.29 is 14.7 Å². The van der Waals surface area contributed by atoms with Gasteiger partial charge in [0.15, 0.2) is 0 Å². The Morgan fingerprint density at radius 2 is 2.43 bits per heavy atom. The summed E-state index contributed by atoms with van der Waals surface area (Å²) < 4.78 is 0. The van der Waals surface area contributed by atoms with E-state index in [9.17, 15) is 9.59 Å². The minimum Gasteiger partial charge on any atom is -0.480 e. The Kier molecular flexibility index (Phi) is 4.82. The van der Waals surface area contributed by atoms with E-state index in [0.717, 1.165) is 0 Å². The number of hydrogen-bond acceptors (Lipinski definition) is 4. The lowest BCUT2D eigenvalue weighted by Gasteiger charge is -2.09. The van der Waals surface area contributed by atoms with Gasteiger partial charge in [-0.2, -0.15) is 0 Å². The van der Waals surface area contributed by atoms with Gasteiger partial charge in [0.05, 0.1) is 5.92 Å². The number of nitrogens with two attached hydrogens (primary N) is 1. The maximum atomic E-state index is 11.1. The maximum absolute atomic E-state index is 11.1. The van der Waals surface area contributed by atoms with E-state index >= 15 is 0 Å². The lowest BCUT2D eigenvalue weighted by Crippen LogP contribution is -2.34. The predicted octanol–water partition coefficient (Wildman–Crippen LogP) is -1.20. The summed E-state index contributed by atoms with van der Waals surface area (Å²) in [6, 6.07) is -0.956. The fourth-order valence-electron chi connectivity index (χ4n) is 1.33. The number of hydrogen-bond donors (Lipinski definition) is 3. The normalized spacial score (nSPS) is 23.9. The lowest BCUT2D eigenvalue weighted by atomic mass is 10.0. The zero-order chi connectivity index (χ0) is 10.0. The van der Waals surface area contributed by atoms with Gasteiger partial charge in [-0.25, -0.2) is 5.01 Å². The number of carbonyl (C=O) groups is 2. The van der Waals surface area contributed by atoms with Gasteiger partial charge in [0.25, 0.3) is 0 Å². The van der Waals surface area contributed by atoms with Crippen LogP contribution in [0.1, 0.15) is 6.42 Å². The van der Waals surface area contributed by atoms with Gasteiger partial charge >= 0.3 is 5.97 Å². The molecule has 1 rings (SSSR count). The highest BCUT2D eigenvalue weighted by atomic mass is 35.5. The van der Waals surface area contributed by atoms with Crippen LogP contribution in [0.15, 0.2) is 0 Å². The van der Waals surface area contributed by atoms with Crippen molar-refractivity contribution in [2.75, 3.05) is 13.6 Å². The van der Waals surface area contributed by atoms with E-state index < -0.39 is 12.0 Å². The Morgan fingerprint density at radius 1 is 1.86 bits per heavy atom. The average Bonchev–Trinajstić information content (AvgIpc) is 2.30.